The second kappa shape index (κ2) is 6.51. The van der Waals surface area contributed by atoms with Gasteiger partial charge in [0, 0.05) is 19.5 Å². The fraction of sp³-hybridized carbons (Fsp3) is 0.833. The Labute approximate surface area is 60.6 Å². The first-order valence-electron chi connectivity index (χ1n) is 3.33. The van der Waals surface area contributed by atoms with E-state index in [1.807, 2.05) is 7.05 Å². The third kappa shape index (κ3) is 5.53. The molecule has 4 nitrogen and oxygen atoms in total. The average molecular weight is 146 g/mol. The number of aliphatic hydroxyl groups is 1. The number of rotatable bonds is 5. The number of likely N-dealkylation sites (N-methyl/N-ethyl adjacent to an activating group) is 1. The first-order valence-corrected chi connectivity index (χ1v) is 3.33. The van der Waals surface area contributed by atoms with Crippen molar-refractivity contribution in [3.63, 3.8) is 0 Å². The molecule has 10 heavy (non-hydrogen) atoms. The van der Waals surface area contributed by atoms with Crippen LogP contribution >= 0.6 is 0 Å². The van der Waals surface area contributed by atoms with Crippen LogP contribution in [-0.2, 0) is 4.79 Å². The lowest BCUT2D eigenvalue weighted by molar-refractivity contribution is -0.121. The molecule has 0 aromatic carbocycles. The Balaban J connectivity index is 3.05. The Morgan fingerprint density at radius 1 is 1.50 bits per heavy atom. The van der Waals surface area contributed by atoms with E-state index in [0.29, 0.717) is 6.54 Å². The van der Waals surface area contributed by atoms with E-state index in [9.17, 15) is 4.79 Å². The fourth-order valence-electron chi connectivity index (χ4n) is 0.517. The van der Waals surface area contributed by atoms with Gasteiger partial charge in [0.1, 0.15) is 0 Å². The van der Waals surface area contributed by atoms with Crippen molar-refractivity contribution in [2.24, 2.45) is 0 Å². The standard InChI is InChI=1S/C6H14N2O2/c1-7-3-4-8-6(10)2-5-9/h7,9H,2-5H2,1H3,(H,8,10). The lowest BCUT2D eigenvalue weighted by Crippen LogP contribution is -2.30. The van der Waals surface area contributed by atoms with Gasteiger partial charge >= 0.3 is 0 Å². The Kier molecular flexibility index (Phi) is 6.11. The zero-order valence-electron chi connectivity index (χ0n) is 6.18. The minimum atomic E-state index is -0.0993. The number of aliphatic hydroxyl groups excluding tert-OH is 1. The number of hydrogen-bond donors (Lipinski definition) is 3. The molecule has 0 aliphatic carbocycles. The summed E-state index contributed by atoms with van der Waals surface area (Å²) in [6.45, 7) is 1.30. The molecule has 0 saturated heterocycles. The maximum absolute atomic E-state index is 10.6. The molecule has 4 heteroatoms. The van der Waals surface area contributed by atoms with Crippen molar-refractivity contribution in [2.45, 2.75) is 6.42 Å². The normalized spacial score (nSPS) is 9.40. The van der Waals surface area contributed by atoms with Gasteiger partial charge in [0.15, 0.2) is 0 Å². The third-order valence-corrected chi connectivity index (χ3v) is 1.04. The predicted molar refractivity (Wildman–Crippen MR) is 38.6 cm³/mol. The van der Waals surface area contributed by atoms with Crippen LogP contribution in [0.3, 0.4) is 0 Å². The molecule has 0 heterocycles. The summed E-state index contributed by atoms with van der Waals surface area (Å²) < 4.78 is 0. The van der Waals surface area contributed by atoms with Gasteiger partial charge in [0.2, 0.25) is 5.91 Å². The van der Waals surface area contributed by atoms with Gasteiger partial charge in [0.25, 0.3) is 0 Å². The van der Waals surface area contributed by atoms with E-state index in [0.717, 1.165) is 6.54 Å². The van der Waals surface area contributed by atoms with Crippen LogP contribution in [0.2, 0.25) is 0 Å². The van der Waals surface area contributed by atoms with Crippen LogP contribution in [0.15, 0.2) is 0 Å². The summed E-state index contributed by atoms with van der Waals surface area (Å²) in [6, 6.07) is 0. The molecule has 0 unspecified atom stereocenters. The van der Waals surface area contributed by atoms with Crippen LogP contribution in [0.1, 0.15) is 6.42 Å². The number of carbonyl (C=O) groups excluding carboxylic acids is 1. The van der Waals surface area contributed by atoms with Crippen molar-refractivity contribution < 1.29 is 9.90 Å². The highest BCUT2D eigenvalue weighted by Gasteiger charge is 1.95. The molecule has 0 aromatic heterocycles. The number of amides is 1. The molecule has 0 rings (SSSR count). The second-order valence-electron chi connectivity index (χ2n) is 1.93. The maximum Gasteiger partial charge on any atom is 0.222 e. The van der Waals surface area contributed by atoms with Crippen molar-refractivity contribution >= 4 is 5.91 Å². The first kappa shape index (κ1) is 9.39. The molecule has 0 aliphatic heterocycles. The summed E-state index contributed by atoms with van der Waals surface area (Å²) in [5.74, 6) is -0.0993. The van der Waals surface area contributed by atoms with E-state index in [4.69, 9.17) is 5.11 Å². The summed E-state index contributed by atoms with van der Waals surface area (Å²) in [6.07, 6.45) is 0.198. The fourth-order valence-corrected chi connectivity index (χ4v) is 0.517. The van der Waals surface area contributed by atoms with Crippen LogP contribution in [-0.4, -0.2) is 37.8 Å². The van der Waals surface area contributed by atoms with Crippen molar-refractivity contribution in [1.29, 1.82) is 0 Å². The van der Waals surface area contributed by atoms with Crippen molar-refractivity contribution in [3.8, 4) is 0 Å². The number of carbonyl (C=O) groups is 1. The smallest absolute Gasteiger partial charge is 0.222 e. The number of hydrogen-bond acceptors (Lipinski definition) is 3. The maximum atomic E-state index is 10.6. The highest BCUT2D eigenvalue weighted by atomic mass is 16.3. The molecule has 0 radical (unpaired) electrons. The molecule has 0 spiro atoms. The van der Waals surface area contributed by atoms with Gasteiger partial charge in [-0.25, -0.2) is 0 Å². The molecular formula is C6H14N2O2. The summed E-state index contributed by atoms with van der Waals surface area (Å²) in [5, 5.41) is 13.8. The minimum absolute atomic E-state index is 0.0780. The SMILES string of the molecule is CNCCNC(=O)CCO. The van der Waals surface area contributed by atoms with Crippen molar-refractivity contribution in [3.05, 3.63) is 0 Å². The van der Waals surface area contributed by atoms with Gasteiger partial charge < -0.3 is 15.7 Å². The second-order valence-corrected chi connectivity index (χ2v) is 1.93. The van der Waals surface area contributed by atoms with Gasteiger partial charge in [0.05, 0.1) is 6.61 Å². The van der Waals surface area contributed by atoms with Crippen LogP contribution in [0.25, 0.3) is 0 Å². The minimum Gasteiger partial charge on any atom is -0.396 e. The zero-order valence-corrected chi connectivity index (χ0v) is 6.18. The molecule has 0 aromatic rings. The first-order chi connectivity index (χ1) is 4.81. The van der Waals surface area contributed by atoms with E-state index in [-0.39, 0.29) is 18.9 Å². The molecular weight excluding hydrogens is 132 g/mol. The molecule has 0 saturated carbocycles. The topological polar surface area (TPSA) is 61.4 Å². The number of nitrogens with one attached hydrogen (secondary N) is 2. The Bertz CT molecular complexity index is 95.7. The van der Waals surface area contributed by atoms with E-state index in [1.54, 1.807) is 0 Å². The quantitative estimate of drug-likeness (QED) is 0.423. The van der Waals surface area contributed by atoms with Gasteiger partial charge in [-0.1, -0.05) is 0 Å². The van der Waals surface area contributed by atoms with E-state index >= 15 is 0 Å². The van der Waals surface area contributed by atoms with Crippen LogP contribution in [0, 0.1) is 0 Å². The summed E-state index contributed by atoms with van der Waals surface area (Å²) >= 11 is 0. The molecule has 0 fully saturated rings. The molecule has 3 N–H and O–H groups in total. The molecule has 0 aliphatic rings. The Morgan fingerprint density at radius 3 is 2.70 bits per heavy atom. The van der Waals surface area contributed by atoms with E-state index in [1.165, 1.54) is 0 Å². The van der Waals surface area contributed by atoms with E-state index in [2.05, 4.69) is 10.6 Å². The van der Waals surface area contributed by atoms with Gasteiger partial charge in [-0.15, -0.1) is 0 Å². The van der Waals surface area contributed by atoms with Crippen LogP contribution < -0.4 is 10.6 Å². The van der Waals surface area contributed by atoms with E-state index < -0.39 is 0 Å². The Hall–Kier alpha value is -0.610. The van der Waals surface area contributed by atoms with Gasteiger partial charge in [-0.2, -0.15) is 0 Å². The molecule has 1 amide bonds. The van der Waals surface area contributed by atoms with Crippen LogP contribution in [0.5, 0.6) is 0 Å². The van der Waals surface area contributed by atoms with Gasteiger partial charge in [-0.05, 0) is 7.05 Å². The average Bonchev–Trinajstić information content (AvgIpc) is 1.89. The summed E-state index contributed by atoms with van der Waals surface area (Å²) in [5.41, 5.74) is 0. The lowest BCUT2D eigenvalue weighted by atomic mass is 10.4. The summed E-state index contributed by atoms with van der Waals surface area (Å²) in [7, 11) is 1.82. The molecule has 60 valence electrons. The highest BCUT2D eigenvalue weighted by molar-refractivity contribution is 5.75. The lowest BCUT2D eigenvalue weighted by Gasteiger charge is -2.01. The summed E-state index contributed by atoms with van der Waals surface area (Å²) in [4.78, 5) is 10.6. The van der Waals surface area contributed by atoms with Crippen LogP contribution in [0.4, 0.5) is 0 Å². The van der Waals surface area contributed by atoms with Crippen molar-refractivity contribution in [1.82, 2.24) is 10.6 Å². The predicted octanol–water partition coefficient (Wildman–Crippen LogP) is -1.30. The monoisotopic (exact) mass is 146 g/mol. The third-order valence-electron chi connectivity index (χ3n) is 1.04. The largest absolute Gasteiger partial charge is 0.396 e. The Morgan fingerprint density at radius 2 is 2.20 bits per heavy atom. The zero-order chi connectivity index (χ0) is 7.82. The van der Waals surface area contributed by atoms with Gasteiger partial charge in [-0.3, -0.25) is 4.79 Å². The molecule has 0 bridgehead atoms. The molecule has 0 atom stereocenters. The highest BCUT2D eigenvalue weighted by Crippen LogP contribution is 1.73. The van der Waals surface area contributed by atoms with Crippen molar-refractivity contribution in [2.75, 3.05) is 26.7 Å².